The number of nitrogens with zero attached hydrogens (tertiary/aromatic N) is 3. The summed E-state index contributed by atoms with van der Waals surface area (Å²) in [5.41, 5.74) is 0. The molecular weight excluding hydrogens is 266 g/mol. The quantitative estimate of drug-likeness (QED) is 0.775. The molecule has 1 unspecified atom stereocenters. The molecule has 0 aromatic carbocycles. The minimum atomic E-state index is 0.754. The maximum atomic E-state index is 5.07. The van der Waals surface area contributed by atoms with Crippen LogP contribution in [0.5, 0.6) is 0 Å². The third kappa shape index (κ3) is 3.74. The summed E-state index contributed by atoms with van der Waals surface area (Å²) in [5.74, 6) is 2.69. The summed E-state index contributed by atoms with van der Waals surface area (Å²) < 4.78 is 5.07. The van der Waals surface area contributed by atoms with Gasteiger partial charge in [-0.05, 0) is 44.6 Å². The Morgan fingerprint density at radius 1 is 1.29 bits per heavy atom. The molecule has 0 aliphatic carbocycles. The lowest BCUT2D eigenvalue weighted by Crippen LogP contribution is -2.41. The van der Waals surface area contributed by atoms with Gasteiger partial charge in [-0.3, -0.25) is 5.10 Å². The van der Waals surface area contributed by atoms with Crippen molar-refractivity contribution in [3.63, 3.8) is 0 Å². The van der Waals surface area contributed by atoms with Crippen molar-refractivity contribution in [2.45, 2.75) is 44.6 Å². The Hall–Kier alpha value is -1.14. The Morgan fingerprint density at radius 3 is 2.86 bits per heavy atom. The Bertz CT molecular complexity index is 421. The van der Waals surface area contributed by atoms with Crippen molar-refractivity contribution in [1.82, 2.24) is 20.5 Å². The average molecular weight is 293 g/mol. The molecule has 6 heteroatoms. The van der Waals surface area contributed by atoms with Gasteiger partial charge in [-0.1, -0.05) is 0 Å². The van der Waals surface area contributed by atoms with Crippen LogP contribution in [0.2, 0.25) is 0 Å². The second-order valence-corrected chi connectivity index (χ2v) is 6.21. The van der Waals surface area contributed by atoms with E-state index in [4.69, 9.17) is 4.74 Å². The van der Waals surface area contributed by atoms with E-state index in [-0.39, 0.29) is 0 Å². The Kier molecular flexibility index (Phi) is 5.08. The molecule has 3 heterocycles. The molecule has 0 saturated carbocycles. The summed E-state index contributed by atoms with van der Waals surface area (Å²) in [4.78, 5) is 6.94. The molecule has 118 valence electrons. The van der Waals surface area contributed by atoms with E-state index in [2.05, 4.69) is 25.4 Å². The summed E-state index contributed by atoms with van der Waals surface area (Å²) in [6, 6.07) is 0.754. The first-order chi connectivity index (χ1) is 10.4. The van der Waals surface area contributed by atoms with E-state index in [9.17, 15) is 0 Å². The molecule has 0 spiro atoms. The van der Waals surface area contributed by atoms with E-state index in [1.54, 1.807) is 7.11 Å². The maximum Gasteiger partial charge on any atom is 0.244 e. The van der Waals surface area contributed by atoms with Gasteiger partial charge in [0.2, 0.25) is 5.95 Å². The zero-order chi connectivity index (χ0) is 14.5. The predicted molar refractivity (Wildman–Crippen MR) is 82.5 cm³/mol. The molecule has 1 aromatic rings. The van der Waals surface area contributed by atoms with Crippen molar-refractivity contribution in [3.05, 3.63) is 5.82 Å². The fraction of sp³-hybridized carbons (Fsp3) is 0.867. The Morgan fingerprint density at radius 2 is 2.14 bits per heavy atom. The lowest BCUT2D eigenvalue weighted by atomic mass is 9.89. The number of anilines is 1. The van der Waals surface area contributed by atoms with Crippen molar-refractivity contribution in [2.75, 3.05) is 38.3 Å². The largest absolute Gasteiger partial charge is 0.385 e. The fourth-order valence-corrected chi connectivity index (χ4v) is 3.54. The van der Waals surface area contributed by atoms with Crippen molar-refractivity contribution in [3.8, 4) is 0 Å². The Balaban J connectivity index is 1.47. The van der Waals surface area contributed by atoms with Crippen LogP contribution in [-0.4, -0.2) is 54.6 Å². The van der Waals surface area contributed by atoms with Crippen LogP contribution in [0.25, 0.3) is 0 Å². The Labute approximate surface area is 126 Å². The van der Waals surface area contributed by atoms with Gasteiger partial charge in [-0.2, -0.15) is 4.98 Å². The molecule has 1 aromatic heterocycles. The number of H-pyrrole nitrogens is 1. The minimum absolute atomic E-state index is 0.754. The van der Waals surface area contributed by atoms with Crippen LogP contribution >= 0.6 is 0 Å². The maximum absolute atomic E-state index is 5.07. The first-order valence-electron chi connectivity index (χ1n) is 8.25. The van der Waals surface area contributed by atoms with E-state index >= 15 is 0 Å². The van der Waals surface area contributed by atoms with E-state index in [0.717, 1.165) is 56.3 Å². The van der Waals surface area contributed by atoms with Crippen LogP contribution in [0.1, 0.15) is 37.9 Å². The topological polar surface area (TPSA) is 66.1 Å². The molecular formula is C15H27N5O. The van der Waals surface area contributed by atoms with Crippen LogP contribution in [0.15, 0.2) is 0 Å². The van der Waals surface area contributed by atoms with Gasteiger partial charge in [0, 0.05) is 39.3 Å². The summed E-state index contributed by atoms with van der Waals surface area (Å²) in [6.07, 6.45) is 7.10. The molecule has 3 rings (SSSR count). The van der Waals surface area contributed by atoms with Gasteiger partial charge in [0.25, 0.3) is 0 Å². The van der Waals surface area contributed by atoms with Crippen LogP contribution in [0, 0.1) is 5.92 Å². The van der Waals surface area contributed by atoms with Gasteiger partial charge in [-0.25, -0.2) is 0 Å². The van der Waals surface area contributed by atoms with Crippen LogP contribution in [0.4, 0.5) is 5.95 Å². The van der Waals surface area contributed by atoms with Crippen molar-refractivity contribution < 1.29 is 4.74 Å². The highest BCUT2D eigenvalue weighted by Crippen LogP contribution is 2.27. The molecule has 2 aliphatic heterocycles. The third-order valence-corrected chi connectivity index (χ3v) is 4.77. The number of methoxy groups -OCH3 is 1. The lowest BCUT2D eigenvalue weighted by molar-refractivity contribution is 0.194. The van der Waals surface area contributed by atoms with Crippen molar-refractivity contribution in [2.24, 2.45) is 5.92 Å². The molecule has 2 N–H and O–H groups in total. The number of hydrogen-bond donors (Lipinski definition) is 2. The van der Waals surface area contributed by atoms with Crippen LogP contribution in [-0.2, 0) is 11.2 Å². The number of nitrogens with one attached hydrogen (secondary N) is 2. The van der Waals surface area contributed by atoms with Crippen molar-refractivity contribution >= 4 is 5.95 Å². The van der Waals surface area contributed by atoms with Gasteiger partial charge >= 0.3 is 0 Å². The van der Waals surface area contributed by atoms with Gasteiger partial charge in [0.05, 0.1) is 0 Å². The summed E-state index contributed by atoms with van der Waals surface area (Å²) in [6.45, 7) is 4.14. The van der Waals surface area contributed by atoms with Crippen molar-refractivity contribution in [1.29, 1.82) is 0 Å². The highest BCUT2D eigenvalue weighted by Gasteiger charge is 2.29. The van der Waals surface area contributed by atoms with Gasteiger partial charge in [0.1, 0.15) is 5.82 Å². The summed E-state index contributed by atoms with van der Waals surface area (Å²) >= 11 is 0. The molecule has 2 aliphatic rings. The molecule has 0 radical (unpaired) electrons. The molecule has 21 heavy (non-hydrogen) atoms. The molecule has 1 atom stereocenters. The highest BCUT2D eigenvalue weighted by molar-refractivity contribution is 5.29. The second-order valence-electron chi connectivity index (χ2n) is 6.21. The fourth-order valence-electron chi connectivity index (χ4n) is 3.54. The van der Waals surface area contributed by atoms with E-state index < -0.39 is 0 Å². The molecule has 2 saturated heterocycles. The van der Waals surface area contributed by atoms with E-state index in [1.165, 1.54) is 32.2 Å². The number of piperidine rings is 1. The van der Waals surface area contributed by atoms with Gasteiger partial charge in [0.15, 0.2) is 0 Å². The summed E-state index contributed by atoms with van der Waals surface area (Å²) in [5, 5.41) is 11.1. The number of aromatic amines is 1. The highest BCUT2D eigenvalue weighted by atomic mass is 16.5. The molecule has 0 bridgehead atoms. The second kappa shape index (κ2) is 7.22. The van der Waals surface area contributed by atoms with Gasteiger partial charge < -0.3 is 15.0 Å². The monoisotopic (exact) mass is 293 g/mol. The smallest absolute Gasteiger partial charge is 0.244 e. The number of rotatable bonds is 6. The zero-order valence-corrected chi connectivity index (χ0v) is 13.0. The first-order valence-corrected chi connectivity index (χ1v) is 8.25. The zero-order valence-electron chi connectivity index (χ0n) is 13.0. The number of ether oxygens (including phenoxy) is 1. The average Bonchev–Trinajstić information content (AvgIpc) is 3.20. The summed E-state index contributed by atoms with van der Waals surface area (Å²) in [7, 11) is 1.73. The number of aromatic nitrogens is 3. The van der Waals surface area contributed by atoms with E-state index in [0.29, 0.717) is 0 Å². The normalized spacial score (nSPS) is 23.9. The van der Waals surface area contributed by atoms with Crippen LogP contribution in [0.3, 0.4) is 0 Å². The molecule has 6 nitrogen and oxygen atoms in total. The first kappa shape index (κ1) is 14.8. The van der Waals surface area contributed by atoms with E-state index in [1.807, 2.05) is 0 Å². The SMILES string of the molecule is COCCCc1nc(N2CCC(C3CCCN3)CC2)n[nH]1. The van der Waals surface area contributed by atoms with Gasteiger partial charge in [-0.15, -0.1) is 5.10 Å². The third-order valence-electron chi connectivity index (χ3n) is 4.77. The number of aryl methyl sites for hydroxylation is 1. The van der Waals surface area contributed by atoms with Crippen LogP contribution < -0.4 is 10.2 Å². The molecule has 2 fully saturated rings. The predicted octanol–water partition coefficient (Wildman–Crippen LogP) is 1.35. The standard InChI is InChI=1S/C15H27N5O/c1-21-11-3-5-14-17-15(19-18-14)20-9-6-12(7-10-20)13-4-2-8-16-13/h12-13,16H,2-11H2,1H3,(H,17,18,19). The lowest BCUT2D eigenvalue weighted by Gasteiger charge is -2.34. The molecule has 0 amide bonds. The number of hydrogen-bond acceptors (Lipinski definition) is 5. The minimum Gasteiger partial charge on any atom is -0.385 e.